The summed E-state index contributed by atoms with van der Waals surface area (Å²) in [5.74, 6) is -0.185. The third kappa shape index (κ3) is 37.9. The number of hydrogen-bond donors (Lipinski definition) is 6. The van der Waals surface area contributed by atoms with E-state index in [4.69, 9.17) is 9.47 Å². The highest BCUT2D eigenvalue weighted by Crippen LogP contribution is 2.23. The number of nitrogens with one attached hydrogen (secondary N) is 1. The average molecular weight is 949 g/mol. The Balaban J connectivity index is 2.09. The standard InChI is InChI=1S/C58H109NO8/c1-3-5-7-9-11-13-15-16-17-18-19-20-21-22-23-24-25-26-27-28-29-30-31-32-33-34-35-36-38-40-42-44-46-48-54(62)59-51(50-66-58-57(65)56(64)55(63)53(49-60)67-58)52(61)47-45-43-41-39-37-14-12-10-8-6-4-2/h22-23,37,39,45,47,51-53,55-58,60-61,63-65H,3-21,24-36,38,40-44,46,48-50H2,1-2H3,(H,59,62)/b23-22-,39-37+,47-45+. The number of ether oxygens (including phenoxy) is 2. The Labute approximate surface area is 412 Å². The Bertz CT molecular complexity index is 1150. The second-order valence-corrected chi connectivity index (χ2v) is 20.1. The molecule has 7 atom stereocenters. The molecule has 1 aliphatic rings. The summed E-state index contributed by atoms with van der Waals surface area (Å²) in [6, 6.07) is -0.818. The van der Waals surface area contributed by atoms with E-state index in [1.807, 2.05) is 6.08 Å². The van der Waals surface area contributed by atoms with Crippen molar-refractivity contribution in [2.24, 2.45) is 0 Å². The zero-order valence-corrected chi connectivity index (χ0v) is 43.7. The van der Waals surface area contributed by atoms with Crippen molar-refractivity contribution in [2.75, 3.05) is 13.2 Å². The summed E-state index contributed by atoms with van der Waals surface area (Å²) in [6.07, 6.45) is 55.3. The van der Waals surface area contributed by atoms with E-state index in [1.54, 1.807) is 6.08 Å². The van der Waals surface area contributed by atoms with Crippen LogP contribution >= 0.6 is 0 Å². The topological polar surface area (TPSA) is 149 Å². The van der Waals surface area contributed by atoms with Gasteiger partial charge in [-0.15, -0.1) is 0 Å². The van der Waals surface area contributed by atoms with Crippen LogP contribution in [0.1, 0.15) is 271 Å². The van der Waals surface area contributed by atoms with E-state index in [1.165, 1.54) is 212 Å². The van der Waals surface area contributed by atoms with Gasteiger partial charge >= 0.3 is 0 Å². The van der Waals surface area contributed by atoms with Crippen molar-refractivity contribution in [3.05, 3.63) is 36.5 Å². The van der Waals surface area contributed by atoms with Crippen molar-refractivity contribution in [1.82, 2.24) is 5.32 Å². The molecule has 9 nitrogen and oxygen atoms in total. The molecule has 1 heterocycles. The van der Waals surface area contributed by atoms with Gasteiger partial charge in [-0.05, 0) is 57.8 Å². The third-order valence-electron chi connectivity index (χ3n) is 13.7. The zero-order chi connectivity index (χ0) is 48.7. The lowest BCUT2D eigenvalue weighted by molar-refractivity contribution is -0.302. The number of aliphatic hydroxyl groups is 5. The lowest BCUT2D eigenvalue weighted by Crippen LogP contribution is -2.60. The van der Waals surface area contributed by atoms with Gasteiger partial charge in [0.1, 0.15) is 24.4 Å². The van der Waals surface area contributed by atoms with Gasteiger partial charge in [0, 0.05) is 6.42 Å². The molecule has 0 aromatic heterocycles. The number of allylic oxidation sites excluding steroid dienone is 5. The first kappa shape index (κ1) is 63.4. The van der Waals surface area contributed by atoms with Crippen molar-refractivity contribution in [2.45, 2.75) is 314 Å². The van der Waals surface area contributed by atoms with Crippen molar-refractivity contribution in [1.29, 1.82) is 0 Å². The molecule has 0 bridgehead atoms. The Morgan fingerprint density at radius 1 is 0.493 bits per heavy atom. The molecule has 0 saturated carbocycles. The minimum Gasteiger partial charge on any atom is -0.394 e. The van der Waals surface area contributed by atoms with Gasteiger partial charge in [-0.25, -0.2) is 0 Å². The predicted octanol–water partition coefficient (Wildman–Crippen LogP) is 14.0. The zero-order valence-electron chi connectivity index (χ0n) is 43.7. The van der Waals surface area contributed by atoms with Crippen LogP contribution in [0.25, 0.3) is 0 Å². The first-order valence-electron chi connectivity index (χ1n) is 28.7. The largest absolute Gasteiger partial charge is 0.394 e. The molecule has 0 aliphatic carbocycles. The van der Waals surface area contributed by atoms with E-state index in [0.717, 1.165) is 38.5 Å². The van der Waals surface area contributed by atoms with Gasteiger partial charge in [0.15, 0.2) is 6.29 Å². The van der Waals surface area contributed by atoms with Gasteiger partial charge < -0.3 is 40.3 Å². The van der Waals surface area contributed by atoms with Gasteiger partial charge in [0.05, 0.1) is 25.4 Å². The summed E-state index contributed by atoms with van der Waals surface area (Å²) in [6.45, 7) is 3.75. The molecule has 1 rings (SSSR count). The molecule has 6 N–H and O–H groups in total. The predicted molar refractivity (Wildman–Crippen MR) is 281 cm³/mol. The molecule has 0 aromatic rings. The third-order valence-corrected chi connectivity index (χ3v) is 13.7. The fourth-order valence-corrected chi connectivity index (χ4v) is 9.11. The number of carbonyl (C=O) groups excluding carboxylic acids is 1. The maximum Gasteiger partial charge on any atom is 0.220 e. The van der Waals surface area contributed by atoms with E-state index in [0.29, 0.717) is 6.42 Å². The van der Waals surface area contributed by atoms with E-state index >= 15 is 0 Å². The fourth-order valence-electron chi connectivity index (χ4n) is 9.11. The Kier molecular flexibility index (Phi) is 45.5. The van der Waals surface area contributed by atoms with E-state index in [9.17, 15) is 30.3 Å². The summed E-state index contributed by atoms with van der Waals surface area (Å²) in [4.78, 5) is 13.0. The van der Waals surface area contributed by atoms with Crippen molar-refractivity contribution >= 4 is 5.91 Å². The number of rotatable bonds is 49. The number of hydrogen-bond acceptors (Lipinski definition) is 8. The smallest absolute Gasteiger partial charge is 0.220 e. The van der Waals surface area contributed by atoms with E-state index < -0.39 is 49.5 Å². The molecule has 1 saturated heterocycles. The van der Waals surface area contributed by atoms with Crippen LogP contribution in [0.15, 0.2) is 36.5 Å². The van der Waals surface area contributed by atoms with Crippen LogP contribution in [0.3, 0.4) is 0 Å². The summed E-state index contributed by atoms with van der Waals surface area (Å²) < 4.78 is 11.2. The molecular formula is C58H109NO8. The Hall–Kier alpha value is -1.59. The molecule has 0 aromatic carbocycles. The quantitative estimate of drug-likeness (QED) is 0.0261. The summed E-state index contributed by atoms with van der Waals surface area (Å²) in [5.41, 5.74) is 0. The molecule has 1 amide bonds. The molecule has 9 heteroatoms. The first-order chi connectivity index (χ1) is 32.8. The molecule has 1 fully saturated rings. The first-order valence-corrected chi connectivity index (χ1v) is 28.7. The summed E-state index contributed by atoms with van der Waals surface area (Å²) in [7, 11) is 0. The molecule has 7 unspecified atom stereocenters. The Morgan fingerprint density at radius 3 is 1.25 bits per heavy atom. The molecular weight excluding hydrogens is 839 g/mol. The minimum atomic E-state index is -1.57. The van der Waals surface area contributed by atoms with Crippen molar-refractivity contribution in [3.8, 4) is 0 Å². The maximum atomic E-state index is 13.0. The van der Waals surface area contributed by atoms with E-state index in [-0.39, 0.29) is 12.5 Å². The lowest BCUT2D eigenvalue weighted by atomic mass is 9.99. The van der Waals surface area contributed by atoms with Gasteiger partial charge in [0.2, 0.25) is 5.91 Å². The molecule has 1 aliphatic heterocycles. The number of aliphatic hydroxyl groups excluding tert-OH is 5. The van der Waals surface area contributed by atoms with Crippen LogP contribution < -0.4 is 5.32 Å². The molecule has 394 valence electrons. The molecule has 67 heavy (non-hydrogen) atoms. The van der Waals surface area contributed by atoms with Gasteiger partial charge in [-0.3, -0.25) is 4.79 Å². The van der Waals surface area contributed by atoms with Crippen molar-refractivity contribution in [3.63, 3.8) is 0 Å². The van der Waals surface area contributed by atoms with Crippen molar-refractivity contribution < 1.29 is 39.8 Å². The van der Waals surface area contributed by atoms with Gasteiger partial charge in [-0.2, -0.15) is 0 Å². The molecule has 0 spiro atoms. The second kappa shape index (κ2) is 48.1. The lowest BCUT2D eigenvalue weighted by Gasteiger charge is -2.40. The maximum absolute atomic E-state index is 13.0. The van der Waals surface area contributed by atoms with Gasteiger partial charge in [0.25, 0.3) is 0 Å². The number of carbonyl (C=O) groups is 1. The minimum absolute atomic E-state index is 0.185. The highest BCUT2D eigenvalue weighted by Gasteiger charge is 2.44. The Morgan fingerprint density at radius 2 is 0.851 bits per heavy atom. The second-order valence-electron chi connectivity index (χ2n) is 20.1. The van der Waals surface area contributed by atoms with E-state index in [2.05, 4.69) is 43.5 Å². The highest BCUT2D eigenvalue weighted by molar-refractivity contribution is 5.76. The van der Waals surface area contributed by atoms with Crippen LogP contribution in [0, 0.1) is 0 Å². The summed E-state index contributed by atoms with van der Waals surface area (Å²) >= 11 is 0. The van der Waals surface area contributed by atoms with Crippen LogP contribution in [-0.4, -0.2) is 87.5 Å². The molecule has 0 radical (unpaired) electrons. The number of amides is 1. The highest BCUT2D eigenvalue weighted by atomic mass is 16.7. The number of unbranched alkanes of at least 4 members (excludes halogenated alkanes) is 35. The van der Waals surface area contributed by atoms with Crippen LogP contribution in [0.2, 0.25) is 0 Å². The average Bonchev–Trinajstić information content (AvgIpc) is 3.33. The van der Waals surface area contributed by atoms with Crippen LogP contribution in [0.5, 0.6) is 0 Å². The van der Waals surface area contributed by atoms with Gasteiger partial charge in [-0.1, -0.05) is 243 Å². The summed E-state index contributed by atoms with van der Waals surface area (Å²) in [5, 5.41) is 54.2. The van der Waals surface area contributed by atoms with Crippen LogP contribution in [-0.2, 0) is 14.3 Å². The van der Waals surface area contributed by atoms with Crippen LogP contribution in [0.4, 0.5) is 0 Å². The fraction of sp³-hybridized carbons (Fsp3) is 0.879. The SMILES string of the molecule is CCCCCCC/C=C/CC/C=C/C(O)C(COC1OC(CO)C(O)C(O)C1O)NC(=O)CCCCCCCCCCCCCCCCCCC/C=C\CCCCCCCCCCCCCC. The normalized spacial score (nSPS) is 19.9. The monoisotopic (exact) mass is 948 g/mol.